The van der Waals surface area contributed by atoms with Crippen LogP contribution in [-0.2, 0) is 0 Å². The fourth-order valence-corrected chi connectivity index (χ4v) is 5.07. The van der Waals surface area contributed by atoms with Crippen molar-refractivity contribution in [3.63, 3.8) is 0 Å². The van der Waals surface area contributed by atoms with E-state index in [9.17, 15) is 0 Å². The lowest BCUT2D eigenvalue weighted by molar-refractivity contribution is 0.518. The van der Waals surface area contributed by atoms with Crippen molar-refractivity contribution < 1.29 is 0 Å². The van der Waals surface area contributed by atoms with Crippen LogP contribution in [-0.4, -0.2) is 11.5 Å². The summed E-state index contributed by atoms with van der Waals surface area (Å²) in [4.78, 5) is 0. The Hall–Kier alpha value is 0.0900. The molecule has 0 saturated heterocycles. The van der Waals surface area contributed by atoms with Crippen LogP contribution in [0.2, 0.25) is 0 Å². The summed E-state index contributed by atoms with van der Waals surface area (Å²) in [5.74, 6) is 2.45. The Labute approximate surface area is 196 Å². The molecule has 30 heavy (non-hydrogen) atoms. The molecule has 0 unspecified atom stereocenters. The third-order valence-corrected chi connectivity index (χ3v) is 7.43. The highest BCUT2D eigenvalue weighted by Crippen LogP contribution is 2.16. The SMILES string of the molecule is C=CCSCCCCCCCCCCCCCCCCCCCCCCCCCC. The highest BCUT2D eigenvalue weighted by atomic mass is 32.2. The second-order valence-corrected chi connectivity index (χ2v) is 10.6. The predicted molar refractivity (Wildman–Crippen MR) is 144 cm³/mol. The zero-order chi connectivity index (χ0) is 21.8. The summed E-state index contributed by atoms with van der Waals surface area (Å²) in [6.45, 7) is 6.08. The highest BCUT2D eigenvalue weighted by molar-refractivity contribution is 7.99. The Balaban J connectivity index is 2.98. The van der Waals surface area contributed by atoms with Crippen LogP contribution in [0.25, 0.3) is 0 Å². The molecule has 0 saturated carbocycles. The average molecular weight is 439 g/mol. The summed E-state index contributed by atoms with van der Waals surface area (Å²) in [5.41, 5.74) is 0. The van der Waals surface area contributed by atoms with Crippen LogP contribution in [0, 0.1) is 0 Å². The summed E-state index contributed by atoms with van der Waals surface area (Å²) in [6.07, 6.45) is 37.3. The van der Waals surface area contributed by atoms with Gasteiger partial charge >= 0.3 is 0 Å². The van der Waals surface area contributed by atoms with Crippen LogP contribution in [0.4, 0.5) is 0 Å². The second-order valence-electron chi connectivity index (χ2n) is 9.50. The van der Waals surface area contributed by atoms with Gasteiger partial charge in [0.25, 0.3) is 0 Å². The van der Waals surface area contributed by atoms with Crippen LogP contribution in [0.5, 0.6) is 0 Å². The first kappa shape index (κ1) is 30.1. The predicted octanol–water partition coefficient (Wildman–Crippen LogP) is 11.3. The third kappa shape index (κ3) is 28.1. The molecule has 0 rings (SSSR count). The fraction of sp³-hybridized carbons (Fsp3) is 0.931. The molecular formula is C29H58S. The number of unbranched alkanes of at least 4 members (excludes halogenated alkanes) is 23. The quantitative estimate of drug-likeness (QED) is 0.0907. The summed E-state index contributed by atoms with van der Waals surface area (Å²) < 4.78 is 0. The summed E-state index contributed by atoms with van der Waals surface area (Å²) in [7, 11) is 0. The maximum absolute atomic E-state index is 3.77. The smallest absolute Gasteiger partial charge is 0.0110 e. The number of hydrogen-bond acceptors (Lipinski definition) is 1. The molecule has 0 aromatic carbocycles. The highest BCUT2D eigenvalue weighted by Gasteiger charge is 1.96. The summed E-state index contributed by atoms with van der Waals surface area (Å²) in [6, 6.07) is 0. The topological polar surface area (TPSA) is 0 Å². The van der Waals surface area contributed by atoms with Crippen molar-refractivity contribution in [3.05, 3.63) is 12.7 Å². The lowest BCUT2D eigenvalue weighted by Crippen LogP contribution is -1.85. The summed E-state index contributed by atoms with van der Waals surface area (Å²) in [5, 5.41) is 0. The van der Waals surface area contributed by atoms with Crippen molar-refractivity contribution in [1.29, 1.82) is 0 Å². The molecule has 0 heterocycles. The van der Waals surface area contributed by atoms with Crippen molar-refractivity contribution >= 4 is 11.8 Å². The maximum atomic E-state index is 3.77. The van der Waals surface area contributed by atoms with Gasteiger partial charge in [0.15, 0.2) is 0 Å². The lowest BCUT2D eigenvalue weighted by atomic mass is 10.0. The zero-order valence-corrected chi connectivity index (χ0v) is 21.9. The van der Waals surface area contributed by atoms with E-state index < -0.39 is 0 Å². The van der Waals surface area contributed by atoms with Gasteiger partial charge in [-0.25, -0.2) is 0 Å². The molecule has 0 aliphatic heterocycles. The van der Waals surface area contributed by atoms with E-state index in [-0.39, 0.29) is 0 Å². The molecule has 1 heteroatoms. The minimum Gasteiger partial charge on any atom is -0.158 e. The zero-order valence-electron chi connectivity index (χ0n) is 21.1. The number of rotatable bonds is 27. The minimum atomic E-state index is 1.12. The van der Waals surface area contributed by atoms with Gasteiger partial charge in [-0.3, -0.25) is 0 Å². The van der Waals surface area contributed by atoms with E-state index in [0.717, 1.165) is 5.75 Å². The van der Waals surface area contributed by atoms with Gasteiger partial charge < -0.3 is 0 Å². The fourth-order valence-electron chi connectivity index (χ4n) is 4.33. The molecule has 0 aromatic rings. The molecule has 0 aliphatic rings. The first-order valence-electron chi connectivity index (χ1n) is 14.1. The third-order valence-electron chi connectivity index (χ3n) is 6.38. The number of thioether (sulfide) groups is 1. The second kappa shape index (κ2) is 29.1. The first-order chi connectivity index (χ1) is 14.9. The molecule has 0 aliphatic carbocycles. The maximum Gasteiger partial charge on any atom is 0.0110 e. The molecular weight excluding hydrogens is 380 g/mol. The van der Waals surface area contributed by atoms with Gasteiger partial charge in [-0.15, -0.1) is 6.58 Å². The molecule has 0 spiro atoms. The van der Waals surface area contributed by atoms with Gasteiger partial charge in [0.1, 0.15) is 0 Å². The average Bonchev–Trinajstić information content (AvgIpc) is 2.76. The Bertz CT molecular complexity index is 299. The van der Waals surface area contributed by atoms with Crippen LogP contribution in [0.15, 0.2) is 12.7 Å². The van der Waals surface area contributed by atoms with Gasteiger partial charge in [-0.05, 0) is 12.2 Å². The molecule has 0 N–H and O–H groups in total. The van der Waals surface area contributed by atoms with Gasteiger partial charge in [0.05, 0.1) is 0 Å². The van der Waals surface area contributed by atoms with Crippen LogP contribution in [0.3, 0.4) is 0 Å². The van der Waals surface area contributed by atoms with E-state index >= 15 is 0 Å². The minimum absolute atomic E-state index is 1.12. The Morgan fingerprint density at radius 1 is 0.433 bits per heavy atom. The monoisotopic (exact) mass is 438 g/mol. The number of hydrogen-bond donors (Lipinski definition) is 0. The normalized spacial score (nSPS) is 11.2. The molecule has 180 valence electrons. The molecule has 0 radical (unpaired) electrons. The van der Waals surface area contributed by atoms with E-state index in [0.29, 0.717) is 0 Å². The summed E-state index contributed by atoms with van der Waals surface area (Å²) >= 11 is 2.03. The van der Waals surface area contributed by atoms with E-state index in [4.69, 9.17) is 0 Å². The molecule has 0 aromatic heterocycles. The molecule has 0 atom stereocenters. The van der Waals surface area contributed by atoms with Crippen molar-refractivity contribution in [1.82, 2.24) is 0 Å². The molecule has 0 bridgehead atoms. The van der Waals surface area contributed by atoms with Crippen molar-refractivity contribution in [2.24, 2.45) is 0 Å². The standard InChI is InChI=1S/C29H58S/c1-3-5-6-7-8-9-10-11-12-13-14-15-16-17-18-19-20-21-22-23-24-25-26-27-29-30-28-4-2/h4H,2-3,5-29H2,1H3. The Morgan fingerprint density at radius 2 is 0.700 bits per heavy atom. The molecule has 0 fully saturated rings. The van der Waals surface area contributed by atoms with E-state index in [1.807, 2.05) is 17.8 Å². The van der Waals surface area contributed by atoms with Crippen molar-refractivity contribution in [3.8, 4) is 0 Å². The van der Waals surface area contributed by atoms with E-state index in [2.05, 4.69) is 13.5 Å². The largest absolute Gasteiger partial charge is 0.158 e. The molecule has 0 amide bonds. The Kier molecular flexibility index (Phi) is 29.2. The van der Waals surface area contributed by atoms with Crippen LogP contribution < -0.4 is 0 Å². The first-order valence-corrected chi connectivity index (χ1v) is 15.3. The lowest BCUT2D eigenvalue weighted by Gasteiger charge is -2.04. The van der Waals surface area contributed by atoms with Gasteiger partial charge in [0.2, 0.25) is 0 Å². The van der Waals surface area contributed by atoms with E-state index in [1.54, 1.807) is 0 Å². The Morgan fingerprint density at radius 3 is 0.967 bits per heavy atom. The van der Waals surface area contributed by atoms with E-state index in [1.165, 1.54) is 160 Å². The molecule has 0 nitrogen and oxygen atoms in total. The van der Waals surface area contributed by atoms with Gasteiger partial charge in [-0.1, -0.05) is 161 Å². The van der Waals surface area contributed by atoms with Crippen molar-refractivity contribution in [2.75, 3.05) is 11.5 Å². The van der Waals surface area contributed by atoms with Crippen LogP contribution in [0.1, 0.15) is 161 Å². The van der Waals surface area contributed by atoms with Gasteiger partial charge in [0, 0.05) is 5.75 Å². The van der Waals surface area contributed by atoms with Gasteiger partial charge in [-0.2, -0.15) is 11.8 Å². The van der Waals surface area contributed by atoms with Crippen molar-refractivity contribution in [2.45, 2.75) is 161 Å². The van der Waals surface area contributed by atoms with Crippen LogP contribution >= 0.6 is 11.8 Å².